The highest BCUT2D eigenvalue weighted by Crippen LogP contribution is 2.42. The van der Waals surface area contributed by atoms with Crippen molar-refractivity contribution in [2.24, 2.45) is 0 Å². The summed E-state index contributed by atoms with van der Waals surface area (Å²) in [5.41, 5.74) is 2.85. The summed E-state index contributed by atoms with van der Waals surface area (Å²) >= 11 is 0. The van der Waals surface area contributed by atoms with Crippen LogP contribution in [0, 0.1) is 6.92 Å². The van der Waals surface area contributed by atoms with Crippen molar-refractivity contribution < 1.29 is 13.2 Å². The van der Waals surface area contributed by atoms with E-state index in [1.807, 2.05) is 25.1 Å². The Balaban J connectivity index is 2.12. The molecule has 4 heteroatoms. The summed E-state index contributed by atoms with van der Waals surface area (Å²) in [5.74, 6) is -0.209. The van der Waals surface area contributed by atoms with E-state index in [1.165, 1.54) is 12.1 Å². The first kappa shape index (κ1) is 14.0. The molecule has 1 nitrogen and oxygen atoms in total. The van der Waals surface area contributed by atoms with E-state index in [1.54, 1.807) is 12.1 Å². The Morgan fingerprint density at radius 2 is 1.81 bits per heavy atom. The lowest BCUT2D eigenvalue weighted by Crippen LogP contribution is -2.20. The van der Waals surface area contributed by atoms with Crippen LogP contribution < -0.4 is 5.32 Å². The quantitative estimate of drug-likeness (QED) is 0.783. The highest BCUT2D eigenvalue weighted by molar-refractivity contribution is 5.59. The lowest BCUT2D eigenvalue weighted by atomic mass is 9.82. The van der Waals surface area contributed by atoms with Gasteiger partial charge >= 0.3 is 6.18 Å². The topological polar surface area (TPSA) is 12.0 Å². The van der Waals surface area contributed by atoms with Gasteiger partial charge in [-0.2, -0.15) is 13.2 Å². The average Bonchev–Trinajstić information content (AvgIpc) is 2.45. The number of alkyl halides is 3. The molecule has 1 unspecified atom stereocenters. The van der Waals surface area contributed by atoms with Crippen molar-refractivity contribution in [1.82, 2.24) is 0 Å². The van der Waals surface area contributed by atoms with Gasteiger partial charge in [0.15, 0.2) is 0 Å². The standard InChI is InChI=1S/C17H16F3N/c1-11-6-7-14-12(8-9-21-16(14)10-11)13-4-2-3-5-15(13)17(18,19)20/h2-7,10,12,21H,8-9H2,1H3. The molecule has 1 atom stereocenters. The smallest absolute Gasteiger partial charge is 0.385 e. The van der Waals surface area contributed by atoms with E-state index in [-0.39, 0.29) is 5.92 Å². The fourth-order valence-electron chi connectivity index (χ4n) is 3.02. The molecule has 110 valence electrons. The third kappa shape index (κ3) is 2.62. The number of fused-ring (bicyclic) bond motifs is 1. The van der Waals surface area contributed by atoms with Crippen LogP contribution in [0.1, 0.15) is 34.6 Å². The number of rotatable bonds is 1. The van der Waals surface area contributed by atoms with Crippen LogP contribution in [0.3, 0.4) is 0 Å². The molecular formula is C17H16F3N. The van der Waals surface area contributed by atoms with Crippen LogP contribution in [0.25, 0.3) is 0 Å². The lowest BCUT2D eigenvalue weighted by Gasteiger charge is -2.29. The molecule has 0 aliphatic carbocycles. The van der Waals surface area contributed by atoms with E-state index < -0.39 is 11.7 Å². The number of benzene rings is 2. The number of nitrogens with one attached hydrogen (secondary N) is 1. The van der Waals surface area contributed by atoms with Crippen LogP contribution in [0.5, 0.6) is 0 Å². The van der Waals surface area contributed by atoms with Gasteiger partial charge in [0.2, 0.25) is 0 Å². The second-order valence-corrected chi connectivity index (χ2v) is 5.44. The SMILES string of the molecule is Cc1ccc2c(c1)NCCC2c1ccccc1C(F)(F)F. The molecular weight excluding hydrogens is 275 g/mol. The highest BCUT2D eigenvalue weighted by Gasteiger charge is 2.36. The van der Waals surface area contributed by atoms with Gasteiger partial charge in [-0.3, -0.25) is 0 Å². The minimum absolute atomic E-state index is 0.209. The van der Waals surface area contributed by atoms with Crippen molar-refractivity contribution >= 4 is 5.69 Å². The number of hydrogen-bond acceptors (Lipinski definition) is 1. The molecule has 3 rings (SSSR count). The fourth-order valence-corrected chi connectivity index (χ4v) is 3.02. The van der Waals surface area contributed by atoms with Gasteiger partial charge in [0.05, 0.1) is 5.56 Å². The van der Waals surface area contributed by atoms with Crippen molar-refractivity contribution in [3.05, 3.63) is 64.7 Å². The van der Waals surface area contributed by atoms with E-state index >= 15 is 0 Å². The van der Waals surface area contributed by atoms with Crippen LogP contribution in [0.4, 0.5) is 18.9 Å². The maximum Gasteiger partial charge on any atom is 0.416 e. The Morgan fingerprint density at radius 1 is 1.05 bits per heavy atom. The minimum atomic E-state index is -4.31. The number of halogens is 3. The number of anilines is 1. The zero-order valence-electron chi connectivity index (χ0n) is 11.7. The second-order valence-electron chi connectivity index (χ2n) is 5.44. The zero-order valence-corrected chi connectivity index (χ0v) is 11.7. The summed E-state index contributed by atoms with van der Waals surface area (Å²) in [5, 5.41) is 3.28. The molecule has 0 saturated heterocycles. The van der Waals surface area contributed by atoms with Crippen molar-refractivity contribution in [2.75, 3.05) is 11.9 Å². The van der Waals surface area contributed by atoms with Crippen molar-refractivity contribution in [2.45, 2.75) is 25.4 Å². The number of hydrogen-bond donors (Lipinski definition) is 1. The lowest BCUT2D eigenvalue weighted by molar-refractivity contribution is -0.138. The van der Waals surface area contributed by atoms with Crippen molar-refractivity contribution in [3.63, 3.8) is 0 Å². The van der Waals surface area contributed by atoms with Gasteiger partial charge in [-0.25, -0.2) is 0 Å². The van der Waals surface area contributed by atoms with Crippen LogP contribution >= 0.6 is 0 Å². The minimum Gasteiger partial charge on any atom is -0.385 e. The summed E-state index contributed by atoms with van der Waals surface area (Å²) in [6.45, 7) is 2.67. The molecule has 0 fully saturated rings. The van der Waals surface area contributed by atoms with Gasteiger partial charge in [-0.15, -0.1) is 0 Å². The Kier molecular flexibility index (Phi) is 3.40. The maximum atomic E-state index is 13.2. The zero-order chi connectivity index (χ0) is 15.0. The van der Waals surface area contributed by atoms with E-state index in [9.17, 15) is 13.2 Å². The monoisotopic (exact) mass is 291 g/mol. The summed E-state index contributed by atoms with van der Waals surface area (Å²) in [7, 11) is 0. The Labute approximate surface area is 121 Å². The molecule has 1 heterocycles. The average molecular weight is 291 g/mol. The van der Waals surface area contributed by atoms with Gasteiger partial charge in [0, 0.05) is 18.2 Å². The van der Waals surface area contributed by atoms with Gasteiger partial charge in [0.1, 0.15) is 0 Å². The maximum absolute atomic E-state index is 13.2. The Hall–Kier alpha value is -1.97. The van der Waals surface area contributed by atoms with Crippen LogP contribution in [-0.2, 0) is 6.18 Å². The highest BCUT2D eigenvalue weighted by atomic mass is 19.4. The first-order valence-corrected chi connectivity index (χ1v) is 6.97. The molecule has 0 aromatic heterocycles. The molecule has 0 bridgehead atoms. The number of aryl methyl sites for hydroxylation is 1. The third-order valence-electron chi connectivity index (χ3n) is 3.97. The van der Waals surface area contributed by atoms with E-state index in [0.717, 1.165) is 16.8 Å². The third-order valence-corrected chi connectivity index (χ3v) is 3.97. The van der Waals surface area contributed by atoms with E-state index in [4.69, 9.17) is 0 Å². The first-order valence-electron chi connectivity index (χ1n) is 6.97. The van der Waals surface area contributed by atoms with Gasteiger partial charge in [0.25, 0.3) is 0 Å². The predicted octanol–water partition coefficient (Wildman–Crippen LogP) is 4.96. The molecule has 0 saturated carbocycles. The predicted molar refractivity (Wildman–Crippen MR) is 77.6 cm³/mol. The van der Waals surface area contributed by atoms with Crippen molar-refractivity contribution in [1.29, 1.82) is 0 Å². The normalized spacial score (nSPS) is 18.0. The molecule has 2 aromatic rings. The molecule has 1 N–H and O–H groups in total. The summed E-state index contributed by atoms with van der Waals surface area (Å²) < 4.78 is 39.7. The molecule has 21 heavy (non-hydrogen) atoms. The largest absolute Gasteiger partial charge is 0.416 e. The summed E-state index contributed by atoms with van der Waals surface area (Å²) in [6.07, 6.45) is -3.64. The fraction of sp³-hybridized carbons (Fsp3) is 0.294. The van der Waals surface area contributed by atoms with Crippen LogP contribution in [0.15, 0.2) is 42.5 Å². The first-order chi connectivity index (χ1) is 9.97. The Bertz CT molecular complexity index is 661. The van der Waals surface area contributed by atoms with Crippen LogP contribution in [0.2, 0.25) is 0 Å². The summed E-state index contributed by atoms with van der Waals surface area (Å²) in [4.78, 5) is 0. The molecule has 0 spiro atoms. The van der Waals surface area contributed by atoms with Crippen LogP contribution in [-0.4, -0.2) is 6.54 Å². The molecule has 2 aromatic carbocycles. The van der Waals surface area contributed by atoms with E-state index in [0.29, 0.717) is 18.5 Å². The van der Waals surface area contributed by atoms with Gasteiger partial charge in [-0.1, -0.05) is 30.3 Å². The molecule has 0 amide bonds. The van der Waals surface area contributed by atoms with Gasteiger partial charge < -0.3 is 5.32 Å². The Morgan fingerprint density at radius 3 is 2.57 bits per heavy atom. The molecule has 1 aliphatic heterocycles. The van der Waals surface area contributed by atoms with E-state index in [2.05, 4.69) is 5.32 Å². The molecule has 0 radical (unpaired) electrons. The van der Waals surface area contributed by atoms with Gasteiger partial charge in [-0.05, 0) is 42.2 Å². The summed E-state index contributed by atoms with van der Waals surface area (Å²) in [6, 6.07) is 11.8. The molecule has 1 aliphatic rings. The second kappa shape index (κ2) is 5.10. The van der Waals surface area contributed by atoms with Crippen molar-refractivity contribution in [3.8, 4) is 0 Å².